The van der Waals surface area contributed by atoms with E-state index in [1.807, 2.05) is 5.48 Å². The zero-order valence-corrected chi connectivity index (χ0v) is 16.7. The van der Waals surface area contributed by atoms with Gasteiger partial charge in [-0.05, 0) is 19.3 Å². The standard InChI is InChI=1S/C19H32N2O8/c22-13-9-7-5-3-1-2-4-6-8-10-17(24)20-16(19(26)27)11-12-18(25)21-29-28-15-14-23/h13-14,16H,1-12,15H2,(H,20,24)(H,21,25)(H,26,27). The van der Waals surface area contributed by atoms with Crippen LogP contribution in [0.1, 0.15) is 77.0 Å². The van der Waals surface area contributed by atoms with Gasteiger partial charge in [-0.2, -0.15) is 0 Å². The van der Waals surface area contributed by atoms with Crippen LogP contribution in [-0.2, 0) is 33.8 Å². The zero-order chi connectivity index (χ0) is 21.7. The lowest BCUT2D eigenvalue weighted by Gasteiger charge is -2.14. The Morgan fingerprint density at radius 3 is 2.03 bits per heavy atom. The molecule has 0 saturated heterocycles. The lowest BCUT2D eigenvalue weighted by atomic mass is 10.1. The second kappa shape index (κ2) is 19.0. The number of amides is 2. The van der Waals surface area contributed by atoms with E-state index in [-0.39, 0.29) is 31.8 Å². The maximum absolute atomic E-state index is 11.9. The van der Waals surface area contributed by atoms with Crippen molar-refractivity contribution in [2.75, 3.05) is 6.61 Å². The minimum absolute atomic E-state index is 0.103. The molecule has 1 atom stereocenters. The Kier molecular flexibility index (Phi) is 17.5. The summed E-state index contributed by atoms with van der Waals surface area (Å²) >= 11 is 0. The summed E-state index contributed by atoms with van der Waals surface area (Å²) in [6.45, 7) is -0.352. The molecule has 3 N–H and O–H groups in total. The van der Waals surface area contributed by atoms with Crippen LogP contribution in [-0.4, -0.2) is 48.1 Å². The molecule has 0 aromatic carbocycles. The lowest BCUT2D eigenvalue weighted by Crippen LogP contribution is -2.41. The third kappa shape index (κ3) is 17.5. The van der Waals surface area contributed by atoms with Crippen LogP contribution in [0, 0.1) is 0 Å². The molecule has 0 heterocycles. The number of carboxylic acid groups (broad SMARTS) is 1. The smallest absolute Gasteiger partial charge is 0.326 e. The number of nitrogens with one attached hydrogen (secondary N) is 2. The van der Waals surface area contributed by atoms with E-state index in [4.69, 9.17) is 5.11 Å². The van der Waals surface area contributed by atoms with E-state index in [1.54, 1.807) is 0 Å². The van der Waals surface area contributed by atoms with E-state index in [0.717, 1.165) is 51.2 Å². The van der Waals surface area contributed by atoms with E-state index in [2.05, 4.69) is 15.2 Å². The number of hydrogen-bond donors (Lipinski definition) is 3. The van der Waals surface area contributed by atoms with Gasteiger partial charge in [-0.1, -0.05) is 38.5 Å². The number of hydroxylamine groups is 1. The Morgan fingerprint density at radius 2 is 1.45 bits per heavy atom. The summed E-state index contributed by atoms with van der Waals surface area (Å²) in [5.41, 5.74) is 1.90. The predicted octanol–water partition coefficient (Wildman–Crippen LogP) is 1.61. The Bertz CT molecular complexity index is 499. The monoisotopic (exact) mass is 416 g/mol. The van der Waals surface area contributed by atoms with Crippen molar-refractivity contribution in [3.63, 3.8) is 0 Å². The highest BCUT2D eigenvalue weighted by atomic mass is 17.3. The highest BCUT2D eigenvalue weighted by Crippen LogP contribution is 2.10. The number of rotatable bonds is 20. The molecule has 0 spiro atoms. The number of aliphatic carboxylic acids is 1. The van der Waals surface area contributed by atoms with Gasteiger partial charge in [0.05, 0.1) is 0 Å². The van der Waals surface area contributed by atoms with Crippen molar-refractivity contribution in [1.29, 1.82) is 0 Å². The van der Waals surface area contributed by atoms with E-state index >= 15 is 0 Å². The number of hydrogen-bond acceptors (Lipinski definition) is 7. The van der Waals surface area contributed by atoms with E-state index in [1.165, 1.54) is 0 Å². The van der Waals surface area contributed by atoms with E-state index < -0.39 is 17.9 Å². The van der Waals surface area contributed by atoms with E-state index in [9.17, 15) is 24.0 Å². The van der Waals surface area contributed by atoms with Gasteiger partial charge in [-0.25, -0.2) is 15.2 Å². The normalized spacial score (nSPS) is 11.4. The lowest BCUT2D eigenvalue weighted by molar-refractivity contribution is -0.321. The summed E-state index contributed by atoms with van der Waals surface area (Å²) < 4.78 is 0. The van der Waals surface area contributed by atoms with Gasteiger partial charge in [0.15, 0.2) is 0 Å². The maximum atomic E-state index is 11.9. The van der Waals surface area contributed by atoms with Crippen LogP contribution in [0.25, 0.3) is 0 Å². The molecule has 0 aromatic heterocycles. The molecule has 0 bridgehead atoms. The number of carbonyl (C=O) groups is 5. The molecule has 10 heteroatoms. The summed E-state index contributed by atoms with van der Waals surface area (Å²) in [6.07, 6.45) is 9.80. The van der Waals surface area contributed by atoms with Gasteiger partial charge in [-0.15, -0.1) is 4.99 Å². The fraction of sp³-hybridized carbons (Fsp3) is 0.737. The zero-order valence-electron chi connectivity index (χ0n) is 16.7. The summed E-state index contributed by atoms with van der Waals surface area (Å²) in [5.74, 6) is -2.22. The fourth-order valence-electron chi connectivity index (χ4n) is 2.56. The number of unbranched alkanes of at least 4 members (excludes halogenated alkanes) is 8. The van der Waals surface area contributed by atoms with E-state index in [0.29, 0.717) is 19.1 Å². The van der Waals surface area contributed by atoms with Crippen LogP contribution in [0.3, 0.4) is 0 Å². The quantitative estimate of drug-likeness (QED) is 0.117. The molecule has 10 nitrogen and oxygen atoms in total. The molecular formula is C19H32N2O8. The van der Waals surface area contributed by atoms with Crippen LogP contribution in [0.4, 0.5) is 0 Å². The summed E-state index contributed by atoms with van der Waals surface area (Å²) in [4.78, 5) is 63.3. The summed E-state index contributed by atoms with van der Waals surface area (Å²) in [6, 6.07) is -1.17. The molecule has 29 heavy (non-hydrogen) atoms. The predicted molar refractivity (Wildman–Crippen MR) is 102 cm³/mol. The molecule has 2 amide bonds. The first-order valence-corrected chi connectivity index (χ1v) is 9.98. The van der Waals surface area contributed by atoms with Crippen molar-refractivity contribution in [2.24, 2.45) is 0 Å². The first-order valence-electron chi connectivity index (χ1n) is 9.98. The van der Waals surface area contributed by atoms with Crippen molar-refractivity contribution >= 4 is 30.4 Å². The van der Waals surface area contributed by atoms with Crippen LogP contribution in [0.5, 0.6) is 0 Å². The minimum Gasteiger partial charge on any atom is -0.480 e. The molecule has 0 aliphatic carbocycles. The van der Waals surface area contributed by atoms with Crippen LogP contribution in [0.15, 0.2) is 0 Å². The molecule has 0 radical (unpaired) electrons. The SMILES string of the molecule is O=CCCCCCCCCCCC(=O)NC(CCC(=O)NOOCC=O)C(=O)O. The number of aldehydes is 2. The van der Waals surface area contributed by atoms with Crippen LogP contribution in [0.2, 0.25) is 0 Å². The molecule has 0 saturated carbocycles. The molecule has 1 unspecified atom stereocenters. The van der Waals surface area contributed by atoms with Crippen LogP contribution < -0.4 is 10.8 Å². The minimum atomic E-state index is -1.22. The van der Waals surface area contributed by atoms with Gasteiger partial charge in [0.25, 0.3) is 0 Å². The second-order valence-corrected chi connectivity index (χ2v) is 6.59. The third-order valence-corrected chi connectivity index (χ3v) is 4.12. The van der Waals surface area contributed by atoms with Crippen molar-refractivity contribution in [2.45, 2.75) is 83.1 Å². The average Bonchev–Trinajstić information content (AvgIpc) is 2.69. The highest BCUT2D eigenvalue weighted by molar-refractivity contribution is 5.84. The summed E-state index contributed by atoms with van der Waals surface area (Å²) in [5, 5.41) is 11.6. The van der Waals surface area contributed by atoms with Crippen molar-refractivity contribution in [3.05, 3.63) is 0 Å². The molecule has 0 fully saturated rings. The Hall–Kier alpha value is -2.33. The maximum Gasteiger partial charge on any atom is 0.326 e. The van der Waals surface area contributed by atoms with Gasteiger partial charge in [0, 0.05) is 19.3 Å². The van der Waals surface area contributed by atoms with Crippen molar-refractivity contribution in [1.82, 2.24) is 10.8 Å². The van der Waals surface area contributed by atoms with Gasteiger partial charge < -0.3 is 20.0 Å². The molecule has 0 rings (SSSR count). The van der Waals surface area contributed by atoms with Crippen molar-refractivity contribution in [3.8, 4) is 0 Å². The Labute approximate surface area is 170 Å². The topological polar surface area (TPSA) is 148 Å². The summed E-state index contributed by atoms with van der Waals surface area (Å²) in [7, 11) is 0. The van der Waals surface area contributed by atoms with Crippen LogP contribution >= 0.6 is 0 Å². The molecule has 0 aliphatic rings. The third-order valence-electron chi connectivity index (χ3n) is 4.12. The molecule has 0 aliphatic heterocycles. The number of carbonyl (C=O) groups excluding carboxylic acids is 4. The molecular weight excluding hydrogens is 384 g/mol. The van der Waals surface area contributed by atoms with Gasteiger partial charge in [-0.3, -0.25) is 9.59 Å². The van der Waals surface area contributed by atoms with Gasteiger partial charge in [0.2, 0.25) is 11.8 Å². The van der Waals surface area contributed by atoms with Gasteiger partial charge >= 0.3 is 5.97 Å². The number of carboxylic acids is 1. The highest BCUT2D eigenvalue weighted by Gasteiger charge is 2.20. The largest absolute Gasteiger partial charge is 0.480 e. The fourth-order valence-corrected chi connectivity index (χ4v) is 2.56. The first-order chi connectivity index (χ1) is 14.0. The Morgan fingerprint density at radius 1 is 0.828 bits per heavy atom. The first kappa shape index (κ1) is 26.7. The van der Waals surface area contributed by atoms with Gasteiger partial charge in [0.1, 0.15) is 25.2 Å². The van der Waals surface area contributed by atoms with Crippen molar-refractivity contribution < 1.29 is 39.0 Å². The Balaban J connectivity index is 3.82. The molecule has 0 aromatic rings. The average molecular weight is 416 g/mol. The molecule has 166 valence electrons. The second-order valence-electron chi connectivity index (χ2n) is 6.59.